The normalized spacial score (nSPS) is 11.4. The molecule has 3 nitrogen and oxygen atoms in total. The zero-order valence-electron chi connectivity index (χ0n) is 15.1. The first-order valence-corrected chi connectivity index (χ1v) is 8.86. The predicted molar refractivity (Wildman–Crippen MR) is 106 cm³/mol. The number of benzene rings is 3. The van der Waals surface area contributed by atoms with E-state index in [0.29, 0.717) is 16.9 Å². The van der Waals surface area contributed by atoms with Gasteiger partial charge in [-0.25, -0.2) is 0 Å². The molecule has 0 fully saturated rings. The fourth-order valence-electron chi connectivity index (χ4n) is 3.14. The van der Waals surface area contributed by atoms with Gasteiger partial charge >= 0.3 is 6.18 Å². The lowest BCUT2D eigenvalue weighted by Crippen LogP contribution is -2.26. The molecule has 0 unspecified atom stereocenters. The topological polar surface area (TPSA) is 33.2 Å². The first kappa shape index (κ1) is 18.7. The van der Waals surface area contributed by atoms with Crippen molar-refractivity contribution in [2.75, 3.05) is 4.90 Å². The van der Waals surface area contributed by atoms with Gasteiger partial charge in [-0.1, -0.05) is 36.4 Å². The van der Waals surface area contributed by atoms with Crippen molar-refractivity contribution < 1.29 is 18.0 Å². The Balaban J connectivity index is 1.85. The van der Waals surface area contributed by atoms with Crippen molar-refractivity contribution in [3.05, 3.63) is 102 Å². The highest BCUT2D eigenvalue weighted by molar-refractivity contribution is 6.14. The van der Waals surface area contributed by atoms with Crippen LogP contribution in [-0.2, 0) is 6.18 Å². The number of nitrogens with zero attached hydrogens (tertiary/aromatic N) is 2. The molecule has 0 saturated heterocycles. The highest BCUT2D eigenvalue weighted by Gasteiger charge is 2.31. The summed E-state index contributed by atoms with van der Waals surface area (Å²) in [5.41, 5.74) is 1.12. The summed E-state index contributed by atoms with van der Waals surface area (Å²) in [6.07, 6.45) is -2.82. The van der Waals surface area contributed by atoms with Crippen molar-refractivity contribution in [2.45, 2.75) is 6.18 Å². The number of rotatable bonds is 3. The molecular weight excluding hydrogens is 377 g/mol. The number of aromatic nitrogens is 1. The van der Waals surface area contributed by atoms with E-state index in [1.807, 2.05) is 24.3 Å². The first-order chi connectivity index (χ1) is 13.9. The molecule has 29 heavy (non-hydrogen) atoms. The van der Waals surface area contributed by atoms with Crippen LogP contribution in [-0.4, -0.2) is 10.9 Å². The first-order valence-electron chi connectivity index (χ1n) is 8.86. The second kappa shape index (κ2) is 7.39. The molecule has 0 aliphatic heterocycles. The molecule has 3 aromatic carbocycles. The monoisotopic (exact) mass is 392 g/mol. The third-order valence-corrected chi connectivity index (χ3v) is 4.53. The molecule has 4 aromatic rings. The minimum absolute atomic E-state index is 0.148. The molecule has 6 heteroatoms. The van der Waals surface area contributed by atoms with Gasteiger partial charge in [0.15, 0.2) is 0 Å². The van der Waals surface area contributed by atoms with Gasteiger partial charge in [0.25, 0.3) is 5.91 Å². The Kier molecular flexibility index (Phi) is 4.76. The van der Waals surface area contributed by atoms with Crippen LogP contribution in [0.15, 0.2) is 91.1 Å². The van der Waals surface area contributed by atoms with E-state index in [9.17, 15) is 18.0 Å². The van der Waals surface area contributed by atoms with Gasteiger partial charge in [-0.2, -0.15) is 13.2 Å². The van der Waals surface area contributed by atoms with Crippen molar-refractivity contribution in [3.63, 3.8) is 0 Å². The van der Waals surface area contributed by atoms with Crippen LogP contribution in [0.4, 0.5) is 24.5 Å². The zero-order chi connectivity index (χ0) is 20.4. The van der Waals surface area contributed by atoms with E-state index in [2.05, 4.69) is 4.98 Å². The van der Waals surface area contributed by atoms with Gasteiger partial charge in [-0.3, -0.25) is 14.7 Å². The lowest BCUT2D eigenvalue weighted by atomic mass is 10.1. The van der Waals surface area contributed by atoms with Gasteiger partial charge in [0, 0.05) is 22.8 Å². The van der Waals surface area contributed by atoms with Crippen molar-refractivity contribution in [3.8, 4) is 0 Å². The van der Waals surface area contributed by atoms with Crippen LogP contribution in [0, 0.1) is 0 Å². The summed E-state index contributed by atoms with van der Waals surface area (Å²) in [7, 11) is 0. The molecule has 144 valence electrons. The van der Waals surface area contributed by atoms with E-state index in [4.69, 9.17) is 0 Å². The molecule has 4 rings (SSSR count). The molecule has 0 atom stereocenters. The van der Waals surface area contributed by atoms with Gasteiger partial charge in [0.05, 0.1) is 16.8 Å². The maximum Gasteiger partial charge on any atom is 0.416 e. The Morgan fingerprint density at radius 1 is 0.793 bits per heavy atom. The third kappa shape index (κ3) is 3.69. The van der Waals surface area contributed by atoms with Crippen LogP contribution in [0.1, 0.15) is 15.9 Å². The number of carbonyl (C=O) groups excluding carboxylic acids is 1. The minimum atomic E-state index is -4.46. The Hall–Kier alpha value is -3.67. The van der Waals surface area contributed by atoms with Crippen molar-refractivity contribution in [1.29, 1.82) is 0 Å². The van der Waals surface area contributed by atoms with Gasteiger partial charge in [-0.05, 0) is 48.5 Å². The van der Waals surface area contributed by atoms with Gasteiger partial charge in [0.2, 0.25) is 0 Å². The summed E-state index contributed by atoms with van der Waals surface area (Å²) in [4.78, 5) is 19.2. The number of hydrogen-bond donors (Lipinski definition) is 0. The zero-order valence-corrected chi connectivity index (χ0v) is 15.1. The summed E-state index contributed by atoms with van der Waals surface area (Å²) in [6, 6.07) is 22.3. The van der Waals surface area contributed by atoms with E-state index >= 15 is 0 Å². The average molecular weight is 392 g/mol. The fraction of sp³-hybridized carbons (Fsp3) is 0.0435. The Morgan fingerprint density at radius 3 is 2.17 bits per heavy atom. The lowest BCUT2D eigenvalue weighted by molar-refractivity contribution is -0.137. The number of alkyl halides is 3. The lowest BCUT2D eigenvalue weighted by Gasteiger charge is -2.24. The van der Waals surface area contributed by atoms with Crippen LogP contribution < -0.4 is 4.90 Å². The number of amides is 1. The molecular formula is C23H15F3N2O. The van der Waals surface area contributed by atoms with E-state index < -0.39 is 17.6 Å². The van der Waals surface area contributed by atoms with Crippen molar-refractivity contribution >= 4 is 28.2 Å². The molecule has 0 saturated carbocycles. The van der Waals surface area contributed by atoms with Crippen LogP contribution in [0.2, 0.25) is 0 Å². The van der Waals surface area contributed by atoms with Crippen LogP contribution in [0.3, 0.4) is 0 Å². The van der Waals surface area contributed by atoms with Crippen molar-refractivity contribution in [2.24, 2.45) is 0 Å². The Labute approximate surface area is 165 Å². The number of pyridine rings is 1. The van der Waals surface area contributed by atoms with Crippen LogP contribution in [0.5, 0.6) is 0 Å². The molecule has 0 N–H and O–H groups in total. The molecule has 0 radical (unpaired) electrons. The van der Waals surface area contributed by atoms with Gasteiger partial charge < -0.3 is 0 Å². The average Bonchev–Trinajstić information content (AvgIpc) is 2.74. The van der Waals surface area contributed by atoms with E-state index in [1.165, 1.54) is 17.0 Å². The molecule has 1 heterocycles. The molecule has 0 bridgehead atoms. The van der Waals surface area contributed by atoms with Crippen LogP contribution in [0.25, 0.3) is 10.9 Å². The van der Waals surface area contributed by atoms with Crippen molar-refractivity contribution in [1.82, 2.24) is 4.98 Å². The minimum Gasteiger partial charge on any atom is -0.275 e. The standard InChI is InChI=1S/C23H15F3N2O/c24-23(25,26)18-13-11-17(12-14-18)22(29)28(19-8-2-1-3-9-19)20-10-4-6-16-7-5-15-27-21(16)20/h1-15H. The predicted octanol–water partition coefficient (Wildman–Crippen LogP) is 6.23. The maximum absolute atomic E-state index is 13.4. The Bertz CT molecular complexity index is 1150. The second-order valence-corrected chi connectivity index (χ2v) is 6.40. The Morgan fingerprint density at radius 2 is 1.48 bits per heavy atom. The third-order valence-electron chi connectivity index (χ3n) is 4.53. The van der Waals surface area contributed by atoms with Gasteiger partial charge in [0.1, 0.15) is 0 Å². The highest BCUT2D eigenvalue weighted by Crippen LogP contribution is 2.33. The largest absolute Gasteiger partial charge is 0.416 e. The van der Waals surface area contributed by atoms with Gasteiger partial charge in [-0.15, -0.1) is 0 Å². The second-order valence-electron chi connectivity index (χ2n) is 6.40. The van der Waals surface area contributed by atoms with E-state index in [1.54, 1.807) is 42.6 Å². The molecule has 1 amide bonds. The van der Waals surface area contributed by atoms with Crippen LogP contribution >= 0.6 is 0 Å². The summed E-state index contributed by atoms with van der Waals surface area (Å²) >= 11 is 0. The fourth-order valence-corrected chi connectivity index (χ4v) is 3.14. The number of carbonyl (C=O) groups is 1. The molecule has 0 aliphatic carbocycles. The number of anilines is 2. The number of hydrogen-bond acceptors (Lipinski definition) is 2. The summed E-state index contributed by atoms with van der Waals surface area (Å²) in [6.45, 7) is 0. The quantitative estimate of drug-likeness (QED) is 0.414. The molecule has 0 aliphatic rings. The number of para-hydroxylation sites is 2. The number of halogens is 3. The summed E-state index contributed by atoms with van der Waals surface area (Å²) < 4.78 is 38.6. The SMILES string of the molecule is O=C(c1ccc(C(F)(F)F)cc1)N(c1ccccc1)c1cccc2cccnc12. The summed E-state index contributed by atoms with van der Waals surface area (Å²) in [5.74, 6) is -0.442. The highest BCUT2D eigenvalue weighted by atomic mass is 19.4. The molecule has 0 spiro atoms. The summed E-state index contributed by atoms with van der Waals surface area (Å²) in [5, 5.41) is 0.853. The van der Waals surface area contributed by atoms with E-state index in [-0.39, 0.29) is 5.56 Å². The number of fused-ring (bicyclic) bond motifs is 1. The maximum atomic E-state index is 13.4. The van der Waals surface area contributed by atoms with E-state index in [0.717, 1.165) is 17.5 Å². The molecule has 1 aromatic heterocycles. The smallest absolute Gasteiger partial charge is 0.275 e.